The third-order valence-electron chi connectivity index (χ3n) is 4.83. The lowest BCUT2D eigenvalue weighted by Gasteiger charge is -2.43. The summed E-state index contributed by atoms with van der Waals surface area (Å²) in [5.74, 6) is -1.76. The van der Waals surface area contributed by atoms with Crippen LogP contribution in [0.15, 0.2) is 24.5 Å². The van der Waals surface area contributed by atoms with Crippen LogP contribution in [0.1, 0.15) is 6.42 Å². The number of esters is 1. The first kappa shape index (κ1) is 19.2. The predicted octanol–water partition coefficient (Wildman–Crippen LogP) is -2.27. The molecular formula is C16H22O10. The average Bonchev–Trinajstić information content (AvgIpc) is 2.61. The van der Waals surface area contributed by atoms with Gasteiger partial charge in [-0.2, -0.15) is 0 Å². The van der Waals surface area contributed by atoms with Crippen molar-refractivity contribution in [3.05, 3.63) is 24.5 Å². The van der Waals surface area contributed by atoms with Crippen molar-refractivity contribution >= 4 is 5.97 Å². The second-order valence-electron chi connectivity index (χ2n) is 6.43. The van der Waals surface area contributed by atoms with Gasteiger partial charge in [0.1, 0.15) is 24.4 Å². The number of carbonyl (C=O) groups is 1. The Bertz CT molecular complexity index is 575. The Labute approximate surface area is 148 Å². The predicted molar refractivity (Wildman–Crippen MR) is 81.7 cm³/mol. The average molecular weight is 374 g/mol. The molecule has 2 saturated heterocycles. The van der Waals surface area contributed by atoms with Gasteiger partial charge >= 0.3 is 5.97 Å². The minimum atomic E-state index is -1.59. The van der Waals surface area contributed by atoms with Gasteiger partial charge in [-0.05, 0) is 0 Å². The highest BCUT2D eigenvalue weighted by Gasteiger charge is 2.48. The van der Waals surface area contributed by atoms with Gasteiger partial charge in [0.2, 0.25) is 12.6 Å². The lowest BCUT2D eigenvalue weighted by atomic mass is 9.80. The van der Waals surface area contributed by atoms with E-state index in [1.807, 2.05) is 0 Å². The summed E-state index contributed by atoms with van der Waals surface area (Å²) < 4.78 is 21.0. The normalized spacial score (nSPS) is 45.8. The van der Waals surface area contributed by atoms with Gasteiger partial charge in [-0.1, -0.05) is 6.08 Å². The molecule has 1 unspecified atom stereocenters. The molecule has 146 valence electrons. The van der Waals surface area contributed by atoms with Gasteiger partial charge in [0.15, 0.2) is 6.29 Å². The van der Waals surface area contributed by atoms with Gasteiger partial charge in [-0.15, -0.1) is 6.58 Å². The highest BCUT2D eigenvalue weighted by Crippen LogP contribution is 2.39. The molecule has 2 fully saturated rings. The number of hydrogen-bond acceptors (Lipinski definition) is 10. The minimum absolute atomic E-state index is 0.117. The number of rotatable bonds is 4. The Balaban J connectivity index is 1.77. The molecule has 3 aliphatic heterocycles. The van der Waals surface area contributed by atoms with Gasteiger partial charge < -0.3 is 44.5 Å². The fourth-order valence-corrected chi connectivity index (χ4v) is 3.37. The molecule has 0 aromatic carbocycles. The molecule has 3 rings (SSSR count). The zero-order valence-electron chi connectivity index (χ0n) is 13.7. The van der Waals surface area contributed by atoms with E-state index >= 15 is 0 Å². The standard InChI is InChI=1S/C16H22O10/c1-2-6-7-3-10(18)25-14(22)8(7)5-23-15(6)26-16-13(21)12(20)11(19)9(4-17)24-16/h2,5-7,9-13,15-21H,1,3-4H2/t6-,7+,9-,10?,11-,12+,13-,15+,16+/m0/s1. The number of cyclic esters (lactones) is 1. The molecular weight excluding hydrogens is 352 g/mol. The van der Waals surface area contributed by atoms with Gasteiger partial charge in [0.05, 0.1) is 18.4 Å². The van der Waals surface area contributed by atoms with Crippen molar-refractivity contribution in [2.45, 2.75) is 49.7 Å². The number of ether oxygens (including phenoxy) is 4. The van der Waals surface area contributed by atoms with Crippen molar-refractivity contribution in [3.8, 4) is 0 Å². The van der Waals surface area contributed by atoms with Crippen LogP contribution < -0.4 is 0 Å². The first-order valence-corrected chi connectivity index (χ1v) is 8.20. The second-order valence-corrected chi connectivity index (χ2v) is 6.43. The van der Waals surface area contributed by atoms with Crippen LogP contribution in [0.4, 0.5) is 0 Å². The molecule has 3 aliphatic rings. The molecule has 3 heterocycles. The molecule has 0 spiro atoms. The SMILES string of the molecule is C=C[C@@H]1[C@@H](O[C@H]2O[C@@H](CO)[C@H](O)[C@@H](O)[C@@H]2O)OC=C2C(=O)OC(O)C[C@@H]21. The zero-order chi connectivity index (χ0) is 19.0. The van der Waals surface area contributed by atoms with Gasteiger partial charge in [-0.3, -0.25) is 0 Å². The Morgan fingerprint density at radius 2 is 1.92 bits per heavy atom. The summed E-state index contributed by atoms with van der Waals surface area (Å²) in [6.07, 6.45) is -6.75. The second kappa shape index (κ2) is 7.61. The molecule has 10 nitrogen and oxygen atoms in total. The molecule has 0 aromatic rings. The van der Waals surface area contributed by atoms with E-state index in [4.69, 9.17) is 18.9 Å². The van der Waals surface area contributed by atoms with Crippen LogP contribution in [0.3, 0.4) is 0 Å². The molecule has 0 amide bonds. The van der Waals surface area contributed by atoms with E-state index in [0.29, 0.717) is 0 Å². The molecule has 9 atom stereocenters. The van der Waals surface area contributed by atoms with Crippen LogP contribution in [-0.4, -0.2) is 81.4 Å². The van der Waals surface area contributed by atoms with E-state index in [-0.39, 0.29) is 12.0 Å². The van der Waals surface area contributed by atoms with Crippen LogP contribution >= 0.6 is 0 Å². The molecule has 0 aromatic heterocycles. The molecule has 0 saturated carbocycles. The summed E-state index contributed by atoms with van der Waals surface area (Å²) in [4.78, 5) is 11.9. The van der Waals surface area contributed by atoms with Crippen LogP contribution in [0.2, 0.25) is 0 Å². The minimum Gasteiger partial charge on any atom is -0.471 e. The Hall–Kier alpha value is -1.53. The summed E-state index contributed by atoms with van der Waals surface area (Å²) in [6, 6.07) is 0. The maximum atomic E-state index is 11.9. The van der Waals surface area contributed by atoms with Gasteiger partial charge in [0, 0.05) is 18.3 Å². The van der Waals surface area contributed by atoms with Crippen LogP contribution in [0, 0.1) is 11.8 Å². The molecule has 26 heavy (non-hydrogen) atoms. The van der Waals surface area contributed by atoms with Crippen molar-refractivity contribution in [3.63, 3.8) is 0 Å². The zero-order valence-corrected chi connectivity index (χ0v) is 13.7. The fraction of sp³-hybridized carbons (Fsp3) is 0.688. The number of aliphatic hydroxyl groups is 5. The third kappa shape index (κ3) is 3.37. The highest BCUT2D eigenvalue weighted by molar-refractivity contribution is 5.89. The van der Waals surface area contributed by atoms with Gasteiger partial charge in [0.25, 0.3) is 0 Å². The molecule has 10 heteroatoms. The summed E-state index contributed by atoms with van der Waals surface area (Å²) in [5.41, 5.74) is 0.230. The molecule has 5 N–H and O–H groups in total. The maximum absolute atomic E-state index is 11.9. The lowest BCUT2D eigenvalue weighted by Crippen LogP contribution is -2.60. The van der Waals surface area contributed by atoms with E-state index in [0.717, 1.165) is 6.26 Å². The Morgan fingerprint density at radius 3 is 2.58 bits per heavy atom. The number of hydrogen-bond donors (Lipinski definition) is 5. The van der Waals surface area contributed by atoms with Crippen LogP contribution in [0.5, 0.6) is 0 Å². The smallest absolute Gasteiger partial charge is 0.339 e. The monoisotopic (exact) mass is 374 g/mol. The van der Waals surface area contributed by atoms with E-state index in [1.54, 1.807) is 0 Å². The first-order valence-electron chi connectivity index (χ1n) is 8.20. The summed E-state index contributed by atoms with van der Waals surface area (Å²) in [6.45, 7) is 3.10. The van der Waals surface area contributed by atoms with Crippen molar-refractivity contribution in [1.29, 1.82) is 0 Å². The van der Waals surface area contributed by atoms with E-state index < -0.39 is 67.7 Å². The van der Waals surface area contributed by atoms with Crippen LogP contribution in [-0.2, 0) is 23.7 Å². The van der Waals surface area contributed by atoms with Crippen molar-refractivity contribution in [2.24, 2.45) is 11.8 Å². The highest BCUT2D eigenvalue weighted by atomic mass is 16.8. The quantitative estimate of drug-likeness (QED) is 0.269. The van der Waals surface area contributed by atoms with Crippen molar-refractivity contribution in [1.82, 2.24) is 0 Å². The molecule has 0 aliphatic carbocycles. The number of carbonyl (C=O) groups excluding carboxylic acids is 1. The molecule has 0 radical (unpaired) electrons. The number of fused-ring (bicyclic) bond motifs is 1. The van der Waals surface area contributed by atoms with Gasteiger partial charge in [-0.25, -0.2) is 4.79 Å². The van der Waals surface area contributed by atoms with E-state index in [2.05, 4.69) is 6.58 Å². The van der Waals surface area contributed by atoms with E-state index in [9.17, 15) is 30.3 Å². The topological polar surface area (TPSA) is 155 Å². The Morgan fingerprint density at radius 1 is 1.19 bits per heavy atom. The maximum Gasteiger partial charge on any atom is 0.339 e. The van der Waals surface area contributed by atoms with Crippen molar-refractivity contribution < 1.29 is 49.3 Å². The Kier molecular flexibility index (Phi) is 5.63. The van der Waals surface area contributed by atoms with E-state index in [1.165, 1.54) is 6.08 Å². The first-order chi connectivity index (χ1) is 12.4. The lowest BCUT2D eigenvalue weighted by molar-refractivity contribution is -0.340. The summed E-state index contributed by atoms with van der Waals surface area (Å²) >= 11 is 0. The molecule has 0 bridgehead atoms. The summed E-state index contributed by atoms with van der Waals surface area (Å²) in [5, 5.41) is 48.6. The largest absolute Gasteiger partial charge is 0.471 e. The van der Waals surface area contributed by atoms with Crippen molar-refractivity contribution in [2.75, 3.05) is 6.61 Å². The summed E-state index contributed by atoms with van der Waals surface area (Å²) in [7, 11) is 0. The van der Waals surface area contributed by atoms with Crippen LogP contribution in [0.25, 0.3) is 0 Å². The number of aliphatic hydroxyl groups excluding tert-OH is 5. The third-order valence-corrected chi connectivity index (χ3v) is 4.83. The fourth-order valence-electron chi connectivity index (χ4n) is 3.37.